The van der Waals surface area contributed by atoms with Crippen LogP contribution in [-0.4, -0.2) is 24.7 Å². The molecular weight excluding hydrogens is 238 g/mol. The minimum atomic E-state index is 0.575. The van der Waals surface area contributed by atoms with Gasteiger partial charge in [0, 0.05) is 13.1 Å². The van der Waals surface area contributed by atoms with Gasteiger partial charge in [0.25, 0.3) is 0 Å². The zero-order chi connectivity index (χ0) is 13.7. The predicted octanol–water partition coefficient (Wildman–Crippen LogP) is 3.08. The summed E-state index contributed by atoms with van der Waals surface area (Å²) in [7, 11) is 0. The highest BCUT2D eigenvalue weighted by atomic mass is 16.5. The highest BCUT2D eigenvalue weighted by Crippen LogP contribution is 2.29. The Kier molecular flexibility index (Phi) is 4.88. The van der Waals surface area contributed by atoms with Crippen LogP contribution in [0.4, 0.5) is 11.5 Å². The number of aromatic nitrogens is 1. The van der Waals surface area contributed by atoms with Crippen molar-refractivity contribution in [1.29, 1.82) is 0 Å². The Hall–Kier alpha value is -1.45. The summed E-state index contributed by atoms with van der Waals surface area (Å²) in [5.74, 6) is 2.39. The van der Waals surface area contributed by atoms with Gasteiger partial charge < -0.3 is 15.4 Å². The van der Waals surface area contributed by atoms with Crippen molar-refractivity contribution >= 4 is 11.5 Å². The van der Waals surface area contributed by atoms with Crippen molar-refractivity contribution in [1.82, 2.24) is 4.98 Å². The SMILES string of the molecule is CCCOc1nc(N(CC)CC2CCC2)ccc1N. The highest BCUT2D eigenvalue weighted by molar-refractivity contribution is 5.54. The van der Waals surface area contributed by atoms with Crippen molar-refractivity contribution < 1.29 is 4.74 Å². The first-order valence-electron chi connectivity index (χ1n) is 7.38. The van der Waals surface area contributed by atoms with Crippen molar-refractivity contribution in [3.8, 4) is 5.88 Å². The number of ether oxygens (including phenoxy) is 1. The van der Waals surface area contributed by atoms with Gasteiger partial charge in [-0.2, -0.15) is 4.98 Å². The second kappa shape index (κ2) is 6.64. The number of hydrogen-bond donors (Lipinski definition) is 1. The number of nitrogens with two attached hydrogens (primary N) is 1. The summed E-state index contributed by atoms with van der Waals surface area (Å²) in [6, 6.07) is 3.90. The lowest BCUT2D eigenvalue weighted by Crippen LogP contribution is -2.33. The minimum Gasteiger partial charge on any atom is -0.476 e. The maximum atomic E-state index is 5.90. The maximum absolute atomic E-state index is 5.90. The molecule has 1 aliphatic rings. The van der Waals surface area contributed by atoms with Gasteiger partial charge in [0.1, 0.15) is 5.82 Å². The summed E-state index contributed by atoms with van der Waals surface area (Å²) in [4.78, 5) is 6.89. The molecule has 1 aromatic rings. The zero-order valence-electron chi connectivity index (χ0n) is 12.1. The van der Waals surface area contributed by atoms with Crippen LogP contribution in [0, 0.1) is 5.92 Å². The molecule has 0 aromatic carbocycles. The Labute approximate surface area is 116 Å². The number of pyridine rings is 1. The summed E-state index contributed by atoms with van der Waals surface area (Å²) < 4.78 is 5.60. The van der Waals surface area contributed by atoms with Crippen LogP contribution in [-0.2, 0) is 0 Å². The van der Waals surface area contributed by atoms with Gasteiger partial charge in [0.2, 0.25) is 5.88 Å². The third-order valence-electron chi connectivity index (χ3n) is 3.73. The van der Waals surface area contributed by atoms with Crippen LogP contribution in [0.1, 0.15) is 39.5 Å². The molecular formula is C15H25N3O. The lowest BCUT2D eigenvalue weighted by molar-refractivity contribution is 0.305. The molecule has 4 heteroatoms. The van der Waals surface area contributed by atoms with E-state index in [-0.39, 0.29) is 0 Å². The van der Waals surface area contributed by atoms with E-state index in [1.54, 1.807) is 0 Å². The van der Waals surface area contributed by atoms with Gasteiger partial charge in [-0.05, 0) is 44.2 Å². The molecule has 1 saturated carbocycles. The van der Waals surface area contributed by atoms with Crippen LogP contribution < -0.4 is 15.4 Å². The molecule has 2 rings (SSSR count). The lowest BCUT2D eigenvalue weighted by atomic mass is 9.85. The molecule has 0 saturated heterocycles. The van der Waals surface area contributed by atoms with E-state index < -0.39 is 0 Å². The first kappa shape index (κ1) is 14.0. The largest absolute Gasteiger partial charge is 0.476 e. The quantitative estimate of drug-likeness (QED) is 0.821. The zero-order valence-corrected chi connectivity index (χ0v) is 12.1. The number of anilines is 2. The van der Waals surface area contributed by atoms with Gasteiger partial charge in [0.15, 0.2) is 0 Å². The van der Waals surface area contributed by atoms with Crippen molar-refractivity contribution in [2.24, 2.45) is 5.92 Å². The first-order chi connectivity index (χ1) is 9.24. The van der Waals surface area contributed by atoms with Crippen LogP contribution in [0.15, 0.2) is 12.1 Å². The van der Waals surface area contributed by atoms with Crippen LogP contribution in [0.25, 0.3) is 0 Å². The fourth-order valence-electron chi connectivity index (χ4n) is 2.30. The van der Waals surface area contributed by atoms with Gasteiger partial charge in [-0.25, -0.2) is 0 Å². The fourth-order valence-corrected chi connectivity index (χ4v) is 2.30. The Morgan fingerprint density at radius 3 is 2.74 bits per heavy atom. The van der Waals surface area contributed by atoms with E-state index in [1.807, 2.05) is 12.1 Å². The molecule has 0 spiro atoms. The average Bonchev–Trinajstić information content (AvgIpc) is 2.37. The van der Waals surface area contributed by atoms with Gasteiger partial charge in [-0.15, -0.1) is 0 Å². The third kappa shape index (κ3) is 3.52. The van der Waals surface area contributed by atoms with Crippen molar-refractivity contribution in [3.63, 3.8) is 0 Å². The van der Waals surface area contributed by atoms with E-state index >= 15 is 0 Å². The molecule has 0 atom stereocenters. The highest BCUT2D eigenvalue weighted by Gasteiger charge is 2.21. The molecule has 1 aliphatic carbocycles. The maximum Gasteiger partial charge on any atom is 0.239 e. The van der Waals surface area contributed by atoms with Gasteiger partial charge in [-0.3, -0.25) is 0 Å². The van der Waals surface area contributed by atoms with Gasteiger partial charge in [-0.1, -0.05) is 13.3 Å². The summed E-state index contributed by atoms with van der Waals surface area (Å²) in [5.41, 5.74) is 6.53. The number of nitrogen functional groups attached to an aromatic ring is 1. The molecule has 0 aliphatic heterocycles. The van der Waals surface area contributed by atoms with Crippen LogP contribution >= 0.6 is 0 Å². The molecule has 0 unspecified atom stereocenters. The molecule has 0 radical (unpaired) electrons. The average molecular weight is 263 g/mol. The Morgan fingerprint density at radius 2 is 2.16 bits per heavy atom. The predicted molar refractivity (Wildman–Crippen MR) is 79.7 cm³/mol. The molecule has 1 fully saturated rings. The van der Waals surface area contributed by atoms with E-state index in [0.717, 1.165) is 31.2 Å². The van der Waals surface area contributed by atoms with Crippen molar-refractivity contribution in [3.05, 3.63) is 12.1 Å². The minimum absolute atomic E-state index is 0.575. The smallest absolute Gasteiger partial charge is 0.239 e. The number of nitrogens with zero attached hydrogens (tertiary/aromatic N) is 2. The monoisotopic (exact) mass is 263 g/mol. The Bertz CT molecular complexity index is 404. The Morgan fingerprint density at radius 1 is 1.37 bits per heavy atom. The molecule has 1 aromatic heterocycles. The number of hydrogen-bond acceptors (Lipinski definition) is 4. The molecule has 4 nitrogen and oxygen atoms in total. The Balaban J connectivity index is 2.07. The second-order valence-corrected chi connectivity index (χ2v) is 5.25. The third-order valence-corrected chi connectivity index (χ3v) is 3.73. The van der Waals surface area contributed by atoms with Gasteiger partial charge >= 0.3 is 0 Å². The summed E-state index contributed by atoms with van der Waals surface area (Å²) in [6.07, 6.45) is 5.04. The van der Waals surface area contributed by atoms with Gasteiger partial charge in [0.05, 0.1) is 12.3 Å². The van der Waals surface area contributed by atoms with Crippen molar-refractivity contribution in [2.75, 3.05) is 30.3 Å². The number of rotatable bonds is 7. The summed E-state index contributed by atoms with van der Waals surface area (Å²) in [5, 5.41) is 0. The lowest BCUT2D eigenvalue weighted by Gasteiger charge is -2.32. The van der Waals surface area contributed by atoms with E-state index in [9.17, 15) is 0 Å². The molecule has 1 heterocycles. The summed E-state index contributed by atoms with van der Waals surface area (Å²) >= 11 is 0. The van der Waals surface area contributed by atoms with Crippen LogP contribution in [0.3, 0.4) is 0 Å². The molecule has 2 N–H and O–H groups in total. The van der Waals surface area contributed by atoms with Crippen LogP contribution in [0.2, 0.25) is 0 Å². The second-order valence-electron chi connectivity index (χ2n) is 5.25. The topological polar surface area (TPSA) is 51.4 Å². The standard InChI is InChI=1S/C15H25N3O/c1-3-10-19-15-13(16)8-9-14(17-15)18(4-2)11-12-6-5-7-12/h8-9,12H,3-7,10-11,16H2,1-2H3. The normalized spacial score (nSPS) is 15.1. The molecule has 19 heavy (non-hydrogen) atoms. The van der Waals surface area contributed by atoms with E-state index in [0.29, 0.717) is 18.2 Å². The van der Waals surface area contributed by atoms with Crippen LogP contribution in [0.5, 0.6) is 5.88 Å². The van der Waals surface area contributed by atoms with E-state index in [1.165, 1.54) is 19.3 Å². The molecule has 0 amide bonds. The first-order valence-corrected chi connectivity index (χ1v) is 7.38. The summed E-state index contributed by atoms with van der Waals surface area (Å²) in [6.45, 7) is 6.98. The molecule has 106 valence electrons. The van der Waals surface area contributed by atoms with E-state index in [4.69, 9.17) is 10.5 Å². The van der Waals surface area contributed by atoms with E-state index in [2.05, 4.69) is 23.7 Å². The molecule has 0 bridgehead atoms. The van der Waals surface area contributed by atoms with Crippen molar-refractivity contribution in [2.45, 2.75) is 39.5 Å². The fraction of sp³-hybridized carbons (Fsp3) is 0.667.